The largest absolute Gasteiger partial charge is 0.337 e. The van der Waals surface area contributed by atoms with Crippen molar-refractivity contribution in [1.29, 1.82) is 0 Å². The molecule has 2 rings (SSSR count). The first-order chi connectivity index (χ1) is 9.94. The average Bonchev–Trinajstić information content (AvgIpc) is 2.92. The second-order valence-corrected chi connectivity index (χ2v) is 6.91. The van der Waals surface area contributed by atoms with Crippen molar-refractivity contribution in [2.45, 2.75) is 30.2 Å². The Labute approximate surface area is 136 Å². The minimum atomic E-state index is -3.71. The van der Waals surface area contributed by atoms with Crippen LogP contribution in [0.15, 0.2) is 17.3 Å². The lowest BCUT2D eigenvalue weighted by Gasteiger charge is -2.35. The van der Waals surface area contributed by atoms with E-state index in [2.05, 4.69) is 9.82 Å². The zero-order valence-electron chi connectivity index (χ0n) is 12.4. The fourth-order valence-electron chi connectivity index (χ4n) is 2.45. The van der Waals surface area contributed by atoms with Crippen LogP contribution in [0.5, 0.6) is 0 Å². The molecule has 1 aromatic rings. The Morgan fingerprint density at radius 2 is 2.23 bits per heavy atom. The van der Waals surface area contributed by atoms with Crippen molar-refractivity contribution in [3.63, 3.8) is 0 Å². The van der Waals surface area contributed by atoms with Gasteiger partial charge in [-0.25, -0.2) is 13.1 Å². The van der Waals surface area contributed by atoms with Gasteiger partial charge < -0.3 is 10.6 Å². The molecule has 10 heteroatoms. The first-order valence-corrected chi connectivity index (χ1v) is 8.40. The van der Waals surface area contributed by atoms with Gasteiger partial charge in [0.05, 0.1) is 12.7 Å². The Kier molecular flexibility index (Phi) is 6.79. The molecule has 0 saturated carbocycles. The van der Waals surface area contributed by atoms with Crippen molar-refractivity contribution in [1.82, 2.24) is 19.4 Å². The molecule has 1 saturated heterocycles. The molecule has 2 heterocycles. The highest BCUT2D eigenvalue weighted by Crippen LogP contribution is 2.16. The van der Waals surface area contributed by atoms with Gasteiger partial charge in [-0.15, -0.1) is 12.4 Å². The van der Waals surface area contributed by atoms with Crippen molar-refractivity contribution in [2.24, 2.45) is 12.8 Å². The normalized spacial score (nSPS) is 18.8. The second kappa shape index (κ2) is 7.91. The van der Waals surface area contributed by atoms with Crippen LogP contribution in [-0.2, 0) is 21.9 Å². The number of nitrogens with two attached hydrogens (primary N) is 1. The van der Waals surface area contributed by atoms with Gasteiger partial charge >= 0.3 is 0 Å². The fourth-order valence-corrected chi connectivity index (χ4v) is 3.41. The van der Waals surface area contributed by atoms with Gasteiger partial charge in [0.15, 0.2) is 0 Å². The van der Waals surface area contributed by atoms with E-state index in [0.717, 1.165) is 19.3 Å². The Morgan fingerprint density at radius 3 is 2.82 bits per heavy atom. The third-order valence-electron chi connectivity index (χ3n) is 3.62. The molecule has 3 N–H and O–H groups in total. The topological polar surface area (TPSA) is 110 Å². The van der Waals surface area contributed by atoms with Crippen LogP contribution >= 0.6 is 12.4 Å². The number of nitrogens with zero attached hydrogens (tertiary/aromatic N) is 3. The lowest BCUT2D eigenvalue weighted by molar-refractivity contribution is -0.133. The summed E-state index contributed by atoms with van der Waals surface area (Å²) in [4.78, 5) is 13.9. The van der Waals surface area contributed by atoms with Crippen molar-refractivity contribution >= 4 is 28.3 Å². The number of hydrogen-bond donors (Lipinski definition) is 2. The second-order valence-electron chi connectivity index (χ2n) is 5.15. The fraction of sp³-hybridized carbons (Fsp3) is 0.667. The molecule has 1 unspecified atom stereocenters. The summed E-state index contributed by atoms with van der Waals surface area (Å²) in [5, 5.41) is 3.81. The molecule has 1 fully saturated rings. The summed E-state index contributed by atoms with van der Waals surface area (Å²) in [6.07, 6.45) is 5.48. The zero-order chi connectivity index (χ0) is 15.5. The van der Waals surface area contributed by atoms with E-state index in [1.54, 1.807) is 11.9 Å². The molecule has 0 radical (unpaired) electrons. The summed E-state index contributed by atoms with van der Waals surface area (Å²) >= 11 is 0. The van der Waals surface area contributed by atoms with Crippen LogP contribution < -0.4 is 10.5 Å². The molecule has 0 aliphatic carbocycles. The summed E-state index contributed by atoms with van der Waals surface area (Å²) in [5.74, 6) is -0.238. The highest BCUT2D eigenvalue weighted by molar-refractivity contribution is 7.89. The molecule has 0 spiro atoms. The van der Waals surface area contributed by atoms with E-state index in [4.69, 9.17) is 5.73 Å². The van der Waals surface area contributed by atoms with Gasteiger partial charge in [0, 0.05) is 32.4 Å². The number of nitrogens with one attached hydrogen (secondary N) is 1. The van der Waals surface area contributed by atoms with Crippen LogP contribution in [0.3, 0.4) is 0 Å². The van der Waals surface area contributed by atoms with E-state index in [9.17, 15) is 13.2 Å². The number of carbonyl (C=O) groups is 1. The van der Waals surface area contributed by atoms with Gasteiger partial charge in [0.1, 0.15) is 4.90 Å². The van der Waals surface area contributed by atoms with Crippen LogP contribution in [0.4, 0.5) is 0 Å². The Bertz CT molecular complexity index is 604. The van der Waals surface area contributed by atoms with Crippen LogP contribution in [0.25, 0.3) is 0 Å². The van der Waals surface area contributed by atoms with E-state index in [1.807, 2.05) is 0 Å². The monoisotopic (exact) mass is 351 g/mol. The third kappa shape index (κ3) is 4.42. The lowest BCUT2D eigenvalue weighted by atomic mass is 10.0. The molecule has 22 heavy (non-hydrogen) atoms. The number of halogens is 1. The van der Waals surface area contributed by atoms with Crippen molar-refractivity contribution in [2.75, 3.05) is 19.6 Å². The smallest absolute Gasteiger partial charge is 0.244 e. The van der Waals surface area contributed by atoms with Gasteiger partial charge in [0.2, 0.25) is 15.9 Å². The minimum absolute atomic E-state index is 0. The maximum absolute atomic E-state index is 12.2. The van der Waals surface area contributed by atoms with E-state index >= 15 is 0 Å². The summed E-state index contributed by atoms with van der Waals surface area (Å²) in [6, 6.07) is 0.00847. The van der Waals surface area contributed by atoms with Crippen molar-refractivity contribution < 1.29 is 13.2 Å². The van der Waals surface area contributed by atoms with Crippen LogP contribution in [-0.4, -0.2) is 54.7 Å². The lowest BCUT2D eigenvalue weighted by Crippen LogP contribution is -2.50. The predicted molar refractivity (Wildman–Crippen MR) is 84.1 cm³/mol. The SMILES string of the molecule is Cl.Cn1cc(S(=O)(=O)NCC(=O)N2CCCCC2CN)cn1. The number of hydrogen-bond acceptors (Lipinski definition) is 5. The number of aryl methyl sites for hydroxylation is 1. The summed E-state index contributed by atoms with van der Waals surface area (Å²) < 4.78 is 27.8. The quantitative estimate of drug-likeness (QED) is 0.740. The van der Waals surface area contributed by atoms with E-state index in [-0.39, 0.29) is 35.8 Å². The molecule has 1 atom stereocenters. The maximum Gasteiger partial charge on any atom is 0.244 e. The molecular weight excluding hydrogens is 330 g/mol. The van der Waals surface area contributed by atoms with Gasteiger partial charge in [-0.05, 0) is 19.3 Å². The molecule has 1 aliphatic rings. The number of amides is 1. The highest BCUT2D eigenvalue weighted by atomic mass is 35.5. The predicted octanol–water partition coefficient (Wildman–Crippen LogP) is -0.540. The molecule has 1 amide bonds. The summed E-state index contributed by atoms with van der Waals surface area (Å²) in [7, 11) is -2.08. The highest BCUT2D eigenvalue weighted by Gasteiger charge is 2.26. The van der Waals surface area contributed by atoms with Gasteiger partial charge in [-0.3, -0.25) is 9.48 Å². The number of carbonyl (C=O) groups excluding carboxylic acids is 1. The number of piperidine rings is 1. The molecule has 0 bridgehead atoms. The molecule has 8 nitrogen and oxygen atoms in total. The first kappa shape index (κ1) is 18.9. The number of aromatic nitrogens is 2. The summed E-state index contributed by atoms with van der Waals surface area (Å²) in [5.41, 5.74) is 5.66. The number of sulfonamides is 1. The van der Waals surface area contributed by atoms with Crippen LogP contribution in [0.2, 0.25) is 0 Å². The summed E-state index contributed by atoms with van der Waals surface area (Å²) in [6.45, 7) is 0.782. The van der Waals surface area contributed by atoms with Crippen molar-refractivity contribution in [3.05, 3.63) is 12.4 Å². The molecular formula is C12H22ClN5O3S. The standard InChI is InChI=1S/C12H21N5O3S.ClH/c1-16-9-11(7-14-16)21(19,20)15-8-12(18)17-5-3-2-4-10(17)6-13;/h7,9-10,15H,2-6,8,13H2,1H3;1H. The number of likely N-dealkylation sites (tertiary alicyclic amines) is 1. The molecule has 0 aromatic carbocycles. The van der Waals surface area contributed by atoms with Crippen molar-refractivity contribution in [3.8, 4) is 0 Å². The molecule has 126 valence electrons. The van der Waals surface area contributed by atoms with E-state index in [1.165, 1.54) is 17.1 Å². The maximum atomic E-state index is 12.2. The minimum Gasteiger partial charge on any atom is -0.337 e. The van der Waals surface area contributed by atoms with Crippen LogP contribution in [0, 0.1) is 0 Å². The van der Waals surface area contributed by atoms with Gasteiger partial charge in [0.25, 0.3) is 0 Å². The van der Waals surface area contributed by atoms with E-state index in [0.29, 0.717) is 13.1 Å². The van der Waals surface area contributed by atoms with Crippen LogP contribution in [0.1, 0.15) is 19.3 Å². The Hall–Kier alpha value is -1.16. The Morgan fingerprint density at radius 1 is 1.50 bits per heavy atom. The zero-order valence-corrected chi connectivity index (χ0v) is 14.1. The molecule has 1 aromatic heterocycles. The number of rotatable bonds is 5. The average molecular weight is 352 g/mol. The Balaban J connectivity index is 0.00000242. The molecule has 1 aliphatic heterocycles. The van der Waals surface area contributed by atoms with Gasteiger partial charge in [-0.2, -0.15) is 5.10 Å². The van der Waals surface area contributed by atoms with Gasteiger partial charge in [-0.1, -0.05) is 0 Å². The van der Waals surface area contributed by atoms with E-state index < -0.39 is 10.0 Å². The third-order valence-corrected chi connectivity index (χ3v) is 4.98. The first-order valence-electron chi connectivity index (χ1n) is 6.92.